The maximum Gasteiger partial charge on any atom is 0.265 e. The van der Waals surface area contributed by atoms with Crippen LogP contribution in [0.4, 0.5) is 5.69 Å². The highest BCUT2D eigenvalue weighted by molar-refractivity contribution is 7.87. The summed E-state index contributed by atoms with van der Waals surface area (Å²) in [6, 6.07) is 1.23. The van der Waals surface area contributed by atoms with Crippen molar-refractivity contribution < 1.29 is 9.00 Å². The summed E-state index contributed by atoms with van der Waals surface area (Å²) < 4.78 is 12.6. The van der Waals surface area contributed by atoms with Crippen LogP contribution in [0.2, 0.25) is 5.02 Å². The SMILES string of the molecule is CC.Cc1ncc(NC(=O)c2cc(Cl)c([C@@H]3CS(=O)C4(CCCCC4)C(N)=N3)s2)cn1. The molecule has 2 aliphatic rings. The van der Waals surface area contributed by atoms with E-state index in [1.807, 2.05) is 13.8 Å². The molecule has 1 aliphatic heterocycles. The number of aliphatic imine (C=N–C) groups is 1. The third-order valence-electron chi connectivity index (χ3n) is 5.45. The molecule has 31 heavy (non-hydrogen) atoms. The van der Waals surface area contributed by atoms with Gasteiger partial charge in [-0.3, -0.25) is 14.0 Å². The Hall–Kier alpha value is -1.84. The first kappa shape index (κ1) is 23.8. The van der Waals surface area contributed by atoms with E-state index in [4.69, 9.17) is 17.3 Å². The number of aromatic nitrogens is 2. The van der Waals surface area contributed by atoms with Gasteiger partial charge in [0, 0.05) is 15.7 Å². The van der Waals surface area contributed by atoms with Crippen LogP contribution in [-0.4, -0.2) is 36.4 Å². The van der Waals surface area contributed by atoms with Gasteiger partial charge in [-0.2, -0.15) is 0 Å². The summed E-state index contributed by atoms with van der Waals surface area (Å²) in [5.74, 6) is 1.18. The molecule has 1 spiro atoms. The molecule has 3 N–H and O–H groups in total. The number of thiophene rings is 1. The number of halogens is 1. The molecule has 1 saturated carbocycles. The lowest BCUT2D eigenvalue weighted by Crippen LogP contribution is -2.53. The summed E-state index contributed by atoms with van der Waals surface area (Å²) in [4.78, 5) is 26.6. The van der Waals surface area contributed by atoms with Gasteiger partial charge in [0.25, 0.3) is 5.91 Å². The number of nitrogens with zero attached hydrogens (tertiary/aromatic N) is 3. The van der Waals surface area contributed by atoms with Crippen molar-refractivity contribution in [2.24, 2.45) is 10.7 Å². The van der Waals surface area contributed by atoms with Crippen molar-refractivity contribution in [1.82, 2.24) is 9.97 Å². The number of hydrogen-bond donors (Lipinski definition) is 2. The molecule has 2 atom stereocenters. The Kier molecular flexibility index (Phi) is 7.82. The van der Waals surface area contributed by atoms with Crippen LogP contribution >= 0.6 is 22.9 Å². The Morgan fingerprint density at radius 3 is 2.52 bits per heavy atom. The molecule has 10 heteroatoms. The van der Waals surface area contributed by atoms with Crippen molar-refractivity contribution in [1.29, 1.82) is 0 Å². The first-order valence-electron chi connectivity index (χ1n) is 10.5. The molecule has 168 valence electrons. The van der Waals surface area contributed by atoms with Gasteiger partial charge in [0.05, 0.1) is 39.8 Å². The van der Waals surface area contributed by atoms with Gasteiger partial charge in [0.15, 0.2) is 0 Å². The fraction of sp³-hybridized carbons (Fsp3) is 0.524. The van der Waals surface area contributed by atoms with Crippen LogP contribution in [0.3, 0.4) is 0 Å². The fourth-order valence-corrected chi connectivity index (χ4v) is 7.24. The zero-order valence-electron chi connectivity index (χ0n) is 18.0. The van der Waals surface area contributed by atoms with E-state index in [0.717, 1.165) is 37.0 Å². The molecule has 2 aromatic heterocycles. The van der Waals surface area contributed by atoms with Gasteiger partial charge in [0.1, 0.15) is 16.4 Å². The van der Waals surface area contributed by atoms with E-state index >= 15 is 0 Å². The molecule has 1 fully saturated rings. The summed E-state index contributed by atoms with van der Waals surface area (Å²) in [7, 11) is -1.11. The number of aryl methyl sites for hydroxylation is 1. The predicted octanol–water partition coefficient (Wildman–Crippen LogP) is 4.64. The Morgan fingerprint density at radius 1 is 1.26 bits per heavy atom. The molecule has 4 rings (SSSR count). The van der Waals surface area contributed by atoms with Crippen LogP contribution in [0, 0.1) is 6.92 Å². The molecule has 1 amide bonds. The summed E-state index contributed by atoms with van der Waals surface area (Å²) >= 11 is 7.67. The number of carbonyl (C=O) groups excluding carboxylic acids is 1. The third kappa shape index (κ3) is 4.99. The van der Waals surface area contributed by atoms with E-state index in [1.165, 1.54) is 11.3 Å². The number of carbonyl (C=O) groups is 1. The smallest absolute Gasteiger partial charge is 0.265 e. The van der Waals surface area contributed by atoms with E-state index in [2.05, 4.69) is 20.3 Å². The summed E-state index contributed by atoms with van der Waals surface area (Å²) in [5, 5.41) is 3.20. The number of nitrogens with two attached hydrogens (primary N) is 1. The van der Waals surface area contributed by atoms with Crippen LogP contribution in [-0.2, 0) is 10.8 Å². The fourth-order valence-electron chi connectivity index (χ4n) is 3.86. The average Bonchev–Trinajstić information content (AvgIpc) is 3.17. The average molecular weight is 482 g/mol. The van der Waals surface area contributed by atoms with Crippen LogP contribution in [0.1, 0.15) is 72.4 Å². The first-order valence-corrected chi connectivity index (χ1v) is 13.0. The lowest BCUT2D eigenvalue weighted by molar-refractivity contribution is 0.103. The van der Waals surface area contributed by atoms with Gasteiger partial charge >= 0.3 is 0 Å². The largest absolute Gasteiger partial charge is 0.386 e. The van der Waals surface area contributed by atoms with Crippen molar-refractivity contribution in [3.63, 3.8) is 0 Å². The summed E-state index contributed by atoms with van der Waals surface area (Å²) in [6.07, 6.45) is 7.96. The maximum atomic E-state index is 13.1. The van der Waals surface area contributed by atoms with Gasteiger partial charge in [0.2, 0.25) is 0 Å². The van der Waals surface area contributed by atoms with E-state index in [0.29, 0.717) is 33.0 Å². The van der Waals surface area contributed by atoms with Crippen molar-refractivity contribution in [2.75, 3.05) is 11.1 Å². The number of amidine groups is 1. The van der Waals surface area contributed by atoms with Crippen molar-refractivity contribution in [3.8, 4) is 0 Å². The van der Waals surface area contributed by atoms with Gasteiger partial charge in [-0.05, 0) is 25.8 Å². The van der Waals surface area contributed by atoms with Crippen LogP contribution in [0.15, 0.2) is 23.5 Å². The minimum atomic E-state index is -1.11. The van der Waals surface area contributed by atoms with Crippen molar-refractivity contribution in [3.05, 3.63) is 39.1 Å². The molecular formula is C21H28ClN5O2S2. The molecule has 1 aliphatic carbocycles. The quantitative estimate of drug-likeness (QED) is 0.663. The highest BCUT2D eigenvalue weighted by Crippen LogP contribution is 2.42. The Labute approximate surface area is 194 Å². The predicted molar refractivity (Wildman–Crippen MR) is 129 cm³/mol. The van der Waals surface area contributed by atoms with Crippen LogP contribution in [0.25, 0.3) is 0 Å². The number of hydrogen-bond acceptors (Lipinski definition) is 7. The molecule has 2 aromatic rings. The van der Waals surface area contributed by atoms with Crippen molar-refractivity contribution in [2.45, 2.75) is 63.7 Å². The monoisotopic (exact) mass is 481 g/mol. The van der Waals surface area contributed by atoms with Gasteiger partial charge < -0.3 is 11.1 Å². The molecule has 3 heterocycles. The van der Waals surface area contributed by atoms with E-state index in [9.17, 15) is 9.00 Å². The molecule has 1 unspecified atom stereocenters. The highest BCUT2D eigenvalue weighted by atomic mass is 35.5. The van der Waals surface area contributed by atoms with Gasteiger partial charge in [-0.15, -0.1) is 11.3 Å². The number of nitrogens with one attached hydrogen (secondary N) is 1. The van der Waals surface area contributed by atoms with E-state index < -0.39 is 15.5 Å². The second-order valence-electron chi connectivity index (χ2n) is 7.39. The lowest BCUT2D eigenvalue weighted by atomic mass is 9.87. The molecule has 0 bridgehead atoms. The molecule has 7 nitrogen and oxygen atoms in total. The zero-order chi connectivity index (χ0) is 22.6. The highest BCUT2D eigenvalue weighted by Gasteiger charge is 2.46. The summed E-state index contributed by atoms with van der Waals surface area (Å²) in [5.41, 5.74) is 6.83. The molecule has 0 radical (unpaired) electrons. The molecule has 0 saturated heterocycles. The van der Waals surface area contributed by atoms with Gasteiger partial charge in [-0.25, -0.2) is 9.97 Å². The lowest BCUT2D eigenvalue weighted by Gasteiger charge is -2.39. The molecular weight excluding hydrogens is 454 g/mol. The number of amides is 1. The van der Waals surface area contributed by atoms with Crippen LogP contribution in [0.5, 0.6) is 0 Å². The minimum Gasteiger partial charge on any atom is -0.386 e. The standard InChI is InChI=1S/C19H22ClN5O2S2.C2H6/c1-11-22-8-12(9-23-11)24-17(26)15-7-13(20)16(28-15)14-10-29(27)19(18(21)25-14)5-3-2-4-6-19;1-2/h7-9,14H,2-6,10H2,1H3,(H2,21,25)(H,24,26);1-2H3/t14-,29?;/m0./s1. The van der Waals surface area contributed by atoms with Crippen molar-refractivity contribution >= 4 is 51.2 Å². The molecule has 0 aromatic carbocycles. The Balaban J connectivity index is 0.00000132. The maximum absolute atomic E-state index is 13.1. The van der Waals surface area contributed by atoms with Gasteiger partial charge in [-0.1, -0.05) is 44.7 Å². The topological polar surface area (TPSA) is 110 Å². The number of anilines is 1. The minimum absolute atomic E-state index is 0.298. The van der Waals surface area contributed by atoms with E-state index in [1.54, 1.807) is 25.4 Å². The third-order valence-corrected chi connectivity index (χ3v) is 9.21. The van der Waals surface area contributed by atoms with E-state index in [-0.39, 0.29) is 11.9 Å². The van der Waals surface area contributed by atoms with Crippen LogP contribution < -0.4 is 11.1 Å². The second-order valence-corrected chi connectivity index (χ2v) is 10.7. The Morgan fingerprint density at radius 2 is 1.90 bits per heavy atom. The zero-order valence-corrected chi connectivity index (χ0v) is 20.4. The second kappa shape index (κ2) is 10.2. The Bertz CT molecular complexity index is 984. The normalized spacial score (nSPS) is 22.3. The first-order chi connectivity index (χ1) is 14.9. The number of rotatable bonds is 3. The summed E-state index contributed by atoms with van der Waals surface area (Å²) in [6.45, 7) is 5.77.